The second kappa shape index (κ2) is 41.8. The number of morpholine rings is 3. The lowest BCUT2D eigenvalue weighted by Crippen LogP contribution is -2.36. The summed E-state index contributed by atoms with van der Waals surface area (Å²) in [5.74, 6) is 3.43. The van der Waals surface area contributed by atoms with Gasteiger partial charge in [-0.25, -0.2) is 24.5 Å². The zero-order valence-corrected chi connectivity index (χ0v) is 68.3. The van der Waals surface area contributed by atoms with Crippen molar-refractivity contribution in [1.29, 1.82) is 0 Å². The fourth-order valence-electron chi connectivity index (χ4n) is 11.4. The summed E-state index contributed by atoms with van der Waals surface area (Å²) in [6, 6.07) is 22.3. The monoisotopic (exact) mass is 1730 g/mol. The molecule has 0 unspecified atom stereocenters. The molecule has 0 bridgehead atoms. The lowest BCUT2D eigenvalue weighted by molar-refractivity contribution is -0.0294. The van der Waals surface area contributed by atoms with Crippen molar-refractivity contribution < 1.29 is 53.4 Å². The zero-order valence-electron chi connectivity index (χ0n) is 64.2. The van der Waals surface area contributed by atoms with Crippen LogP contribution in [0.3, 0.4) is 0 Å². The van der Waals surface area contributed by atoms with Gasteiger partial charge in [-0.2, -0.15) is 0 Å². The Hall–Kier alpha value is -8.93. The fourth-order valence-corrected chi connectivity index (χ4v) is 12.8. The van der Waals surface area contributed by atoms with Crippen LogP contribution in [0.2, 0.25) is 0 Å². The number of aromatic nitrogens is 8. The number of carbonyl (C=O) groups excluding carboxylic acids is 2. The van der Waals surface area contributed by atoms with Crippen molar-refractivity contribution in [3.63, 3.8) is 0 Å². The van der Waals surface area contributed by atoms with Gasteiger partial charge >= 0.3 is 20.0 Å². The van der Waals surface area contributed by atoms with Crippen LogP contribution in [0.25, 0.3) is 0 Å². The molecule has 0 spiro atoms. The van der Waals surface area contributed by atoms with Crippen molar-refractivity contribution in [2.75, 3.05) is 101 Å². The Balaban J connectivity index is 0.000000163. The fraction of sp³-hybridized carbons (Fsp3) is 0.397. The Bertz CT molecular complexity index is 4370. The molecule has 3 saturated heterocycles. The van der Waals surface area contributed by atoms with Gasteiger partial charge in [-0.05, 0) is 182 Å². The standard InChI is InChI=1S/2C17H18N4O.C10H18O5.C9H12BN2O3.2C8H7IN2.C8H8N2.CH3F.ClH/c2*1-12-8-15-14(10-19-12)11-20-17(15)13-2-3-18-16(9-13)21-4-6-22-7-5-21;1-9(2,3)14-7(11)13-8(12)15-10(4,5)6;13-10-15-8-1-2-11-9(7-8)12-3-5-14-6-4-12;2*1-5-2-7-6(3-10-5)4-11-8(7)9;1-6-2-7-3-9-4-8(7)5-10-6;1-2;/h2*2-3,8-10H,4-7,11H2,1H3;1-6H3;1-2,7,13H,3-6H2;2*2-3H,4H2,1H3;2-3,5H,4H2,1H3;1H3;1H/i;;;;;;;1D;. The van der Waals surface area contributed by atoms with E-state index in [-0.39, 0.29) is 12.4 Å². The maximum absolute atomic E-state index is 11.0. The summed E-state index contributed by atoms with van der Waals surface area (Å²) in [5, 5.41) is 8.52. The molecule has 0 amide bonds. The number of hydrogen-bond donors (Lipinski definition) is 1. The Morgan fingerprint density at radius 1 is 0.486 bits per heavy atom. The Morgan fingerprint density at radius 2 is 0.826 bits per heavy atom. The number of pyridine rings is 8. The van der Waals surface area contributed by atoms with Crippen molar-refractivity contribution in [3.05, 3.63) is 212 Å². The molecule has 109 heavy (non-hydrogen) atoms. The first kappa shape index (κ1) is 84.1. The molecule has 1 N–H and O–H groups in total. The van der Waals surface area contributed by atoms with Crippen LogP contribution in [0.15, 0.2) is 141 Å². The Kier molecular flexibility index (Phi) is 32.2. The van der Waals surface area contributed by atoms with E-state index < -0.39 is 30.7 Å². The maximum atomic E-state index is 11.0. The Labute approximate surface area is 671 Å². The summed E-state index contributed by atoms with van der Waals surface area (Å²) < 4.78 is 52.5. The van der Waals surface area contributed by atoms with E-state index in [9.17, 15) is 14.0 Å². The van der Waals surface area contributed by atoms with Crippen LogP contribution in [-0.2, 0) is 61.1 Å². The van der Waals surface area contributed by atoms with Crippen LogP contribution >= 0.6 is 57.6 Å². The molecule has 1 radical (unpaired) electrons. The van der Waals surface area contributed by atoms with Gasteiger partial charge in [-0.1, -0.05) is 0 Å². The third-order valence-electron chi connectivity index (χ3n) is 16.6. The highest BCUT2D eigenvalue weighted by atomic mass is 127. The van der Waals surface area contributed by atoms with Gasteiger partial charge in [0.05, 0.1) is 92.3 Å². The van der Waals surface area contributed by atoms with Crippen LogP contribution in [0.5, 0.6) is 5.75 Å². The molecule has 0 aromatic carbocycles. The largest absolute Gasteiger partial charge is 0.569 e. The topological polar surface area (TPSA) is 294 Å². The van der Waals surface area contributed by atoms with Gasteiger partial charge in [0, 0.05) is 196 Å². The van der Waals surface area contributed by atoms with Gasteiger partial charge in [0.25, 0.3) is 0 Å². The minimum Gasteiger partial charge on any atom is -0.537 e. The van der Waals surface area contributed by atoms with Crippen molar-refractivity contribution in [1.82, 2.24) is 39.9 Å². The predicted octanol–water partition coefficient (Wildman–Crippen LogP) is 13.1. The summed E-state index contributed by atoms with van der Waals surface area (Å²) in [6.45, 7) is 33.6. The number of carbonyl (C=O) groups is 2. The van der Waals surface area contributed by atoms with E-state index in [0.29, 0.717) is 26.5 Å². The second-order valence-electron chi connectivity index (χ2n) is 27.2. The summed E-state index contributed by atoms with van der Waals surface area (Å²) in [5.41, 5.74) is 20.5. The molecule has 575 valence electrons. The SMILES string of the molecule is CC(C)(C)OC(=O)OC(=O)OC(C)(C)C.Cc1cc2c(cn1)CN=C2.Cc1cc2c(cn1)CN=C2I.Cc1cc2c(cn1)CN=C2I.Cc1cc2c(cn1)CN=C2c1ccnc(N2CCOCC2)c1.Cc1cc2c(cn1)CN=C2c1ccnc(N2CCOCC2)c1.Cl.O[B]Oc1ccnc(N2CCOCC2)c1.[2H]CF. The molecule has 8 aliphatic rings. The molecule has 26 nitrogen and oxygen atoms in total. The second-order valence-corrected chi connectivity index (χ2v) is 29.2. The number of nitrogens with zero attached hydrogens (tertiary/aromatic N) is 16. The zero-order chi connectivity index (χ0) is 78.0. The molecule has 0 saturated carbocycles. The van der Waals surface area contributed by atoms with Crippen LogP contribution in [0.4, 0.5) is 31.4 Å². The number of aryl methyl sites for hydroxylation is 5. The maximum Gasteiger partial charge on any atom is 0.569 e. The molecule has 16 rings (SSSR count). The first-order valence-corrected chi connectivity index (χ1v) is 37.3. The number of ether oxygens (including phenoxy) is 6. The van der Waals surface area contributed by atoms with Gasteiger partial charge in [0.1, 0.15) is 41.8 Å². The van der Waals surface area contributed by atoms with Gasteiger partial charge in [-0.15, -0.1) is 12.4 Å². The van der Waals surface area contributed by atoms with Crippen LogP contribution in [0.1, 0.15) is 138 Å². The van der Waals surface area contributed by atoms with E-state index in [2.05, 4.69) is 162 Å². The first-order valence-electron chi connectivity index (χ1n) is 35.8. The highest BCUT2D eigenvalue weighted by Gasteiger charge is 2.26. The number of anilines is 3. The summed E-state index contributed by atoms with van der Waals surface area (Å²) in [4.78, 5) is 85.4. The van der Waals surface area contributed by atoms with Gasteiger partial charge < -0.3 is 52.8 Å². The average molecular weight is 1730 g/mol. The summed E-state index contributed by atoms with van der Waals surface area (Å²) in [7, 11) is -0.335. The van der Waals surface area contributed by atoms with Gasteiger partial charge in [-0.3, -0.25) is 54.3 Å². The quantitative estimate of drug-likeness (QED) is 0.0671. The lowest BCUT2D eigenvalue weighted by Gasteiger charge is -2.28. The van der Waals surface area contributed by atoms with Gasteiger partial charge in [0.15, 0.2) is 0 Å². The minimum atomic E-state index is -1.06. The summed E-state index contributed by atoms with van der Waals surface area (Å²) in [6.07, 6.45) is 14.8. The number of hydrogen-bond acceptors (Lipinski definition) is 26. The van der Waals surface area contributed by atoms with Crippen LogP contribution < -0.4 is 19.4 Å². The molecule has 8 aromatic rings. The summed E-state index contributed by atoms with van der Waals surface area (Å²) >= 11 is 4.52. The normalized spacial score (nSPS) is 15.2. The van der Waals surface area contributed by atoms with E-state index in [1.807, 2.05) is 96.3 Å². The van der Waals surface area contributed by atoms with Crippen molar-refractivity contribution in [2.45, 2.75) is 120 Å². The molecule has 16 heterocycles. The Morgan fingerprint density at radius 3 is 1.21 bits per heavy atom. The molecule has 8 aromatic heterocycles. The van der Waals surface area contributed by atoms with Crippen molar-refractivity contribution in [3.8, 4) is 5.75 Å². The minimum absolute atomic E-state index is 0. The van der Waals surface area contributed by atoms with E-state index >= 15 is 0 Å². The lowest BCUT2D eigenvalue weighted by atomic mass is 10.0. The number of rotatable bonds is 7. The average Bonchev–Trinajstić information content (AvgIpc) is 1.63. The van der Waals surface area contributed by atoms with Crippen molar-refractivity contribution >= 4 is 120 Å². The molecular formula is C78H92BClFI2N16O10. The highest BCUT2D eigenvalue weighted by molar-refractivity contribution is 14.1. The molecule has 0 atom stereocenters. The van der Waals surface area contributed by atoms with E-state index in [0.717, 1.165) is 174 Å². The molecular weight excluding hydrogens is 1640 g/mol. The smallest absolute Gasteiger partial charge is 0.537 e. The third-order valence-corrected chi connectivity index (χ3v) is 18.4. The van der Waals surface area contributed by atoms with Crippen molar-refractivity contribution in [2.24, 2.45) is 25.0 Å². The number of halogens is 4. The van der Waals surface area contributed by atoms with Crippen LogP contribution in [0, 0.1) is 34.6 Å². The van der Waals surface area contributed by atoms with Crippen LogP contribution in [-0.4, -0.2) is 187 Å². The third kappa shape index (κ3) is 26.1. The molecule has 31 heteroatoms. The molecule has 0 aliphatic carbocycles. The van der Waals surface area contributed by atoms with Gasteiger partial charge in [0.2, 0.25) is 0 Å². The molecule has 3 fully saturated rings. The highest BCUT2D eigenvalue weighted by Crippen LogP contribution is 2.29. The van der Waals surface area contributed by atoms with E-state index in [4.69, 9.17) is 44.7 Å². The van der Waals surface area contributed by atoms with E-state index in [1.54, 1.807) is 59.9 Å². The first-order chi connectivity index (χ1) is 52.3. The predicted molar refractivity (Wildman–Crippen MR) is 442 cm³/mol. The number of aliphatic imine (C=N–C) groups is 5. The number of alkyl halides is 1. The van der Waals surface area contributed by atoms with E-state index in [1.165, 1.54) is 55.6 Å². The molecule has 8 aliphatic heterocycles. The number of fused-ring (bicyclic) bond motifs is 5.